The molecule has 9 heteroatoms. The van der Waals surface area contributed by atoms with Gasteiger partial charge in [0.15, 0.2) is 0 Å². The van der Waals surface area contributed by atoms with Gasteiger partial charge in [-0.05, 0) is 37.6 Å². The van der Waals surface area contributed by atoms with Crippen LogP contribution in [0.5, 0.6) is 0 Å². The molecule has 0 aliphatic carbocycles. The number of nitrogens with one attached hydrogen (secondary N) is 1. The van der Waals surface area contributed by atoms with E-state index in [9.17, 15) is 14.4 Å². The lowest BCUT2D eigenvalue weighted by Gasteiger charge is -2.30. The highest BCUT2D eigenvalue weighted by Crippen LogP contribution is 2.33. The molecule has 1 aliphatic rings. The van der Waals surface area contributed by atoms with Crippen molar-refractivity contribution >= 4 is 46.3 Å². The maximum Gasteiger partial charge on any atom is 0.261 e. The summed E-state index contributed by atoms with van der Waals surface area (Å²) in [5.41, 5.74) is 0.151. The van der Waals surface area contributed by atoms with Crippen LogP contribution in [0.1, 0.15) is 24.2 Å². The molecule has 1 atom stereocenters. The number of nitrogens with zero attached hydrogens (tertiary/aromatic N) is 2. The monoisotopic (exact) mass is 335 g/mol. The van der Waals surface area contributed by atoms with Gasteiger partial charge in [0.05, 0.1) is 16.3 Å². The predicted octanol–water partition coefficient (Wildman–Crippen LogP) is -1.88. The molecule has 2 amide bonds. The Labute approximate surface area is 148 Å². The summed E-state index contributed by atoms with van der Waals surface area (Å²) in [7, 11) is 5.31. The van der Waals surface area contributed by atoms with E-state index in [1.165, 1.54) is 4.57 Å². The molecule has 0 saturated carbocycles. The Morgan fingerprint density at radius 1 is 1.08 bits per heavy atom. The average Bonchev–Trinajstić information content (AvgIpc) is 2.60. The van der Waals surface area contributed by atoms with E-state index in [1.807, 2.05) is 19.1 Å². The number of fused-ring (bicyclic) bond motifs is 1. The van der Waals surface area contributed by atoms with Crippen molar-refractivity contribution in [3.63, 3.8) is 0 Å². The van der Waals surface area contributed by atoms with Gasteiger partial charge in [-0.1, -0.05) is 18.1 Å². The van der Waals surface area contributed by atoms with Crippen molar-refractivity contribution in [2.75, 3.05) is 0 Å². The molecule has 1 unspecified atom stereocenters. The molecular formula is C16H20B3N3O3. The maximum atomic E-state index is 13.2. The number of imide groups is 1. The fourth-order valence-electron chi connectivity index (χ4n) is 3.39. The molecule has 1 saturated heterocycles. The van der Waals surface area contributed by atoms with E-state index in [4.69, 9.17) is 0 Å². The SMILES string of the molecule is BC1(B)CCC(B)(n2c(C)nc3ccc(C)cc3c2=O)C(=O)NC1=O. The number of aryl methyl sites for hydroxylation is 2. The van der Waals surface area contributed by atoms with E-state index >= 15 is 0 Å². The van der Waals surface area contributed by atoms with Crippen LogP contribution in [0.15, 0.2) is 23.0 Å². The van der Waals surface area contributed by atoms with Gasteiger partial charge < -0.3 is 0 Å². The Hall–Kier alpha value is -2.31. The van der Waals surface area contributed by atoms with Gasteiger partial charge in [0.2, 0.25) is 11.8 Å². The number of hydrogen-bond donors (Lipinski definition) is 1. The number of aromatic nitrogens is 2. The Morgan fingerprint density at radius 3 is 2.44 bits per heavy atom. The highest BCUT2D eigenvalue weighted by Gasteiger charge is 2.45. The molecular weight excluding hydrogens is 315 g/mol. The van der Waals surface area contributed by atoms with Crippen LogP contribution < -0.4 is 10.9 Å². The largest absolute Gasteiger partial charge is 0.296 e. The second kappa shape index (κ2) is 5.61. The minimum Gasteiger partial charge on any atom is -0.296 e. The van der Waals surface area contributed by atoms with Crippen LogP contribution in [0.3, 0.4) is 0 Å². The van der Waals surface area contributed by atoms with Gasteiger partial charge in [-0.2, -0.15) is 0 Å². The Balaban J connectivity index is 2.25. The fraction of sp³-hybridized carbons (Fsp3) is 0.375. The summed E-state index contributed by atoms with van der Waals surface area (Å²) in [4.78, 5) is 42.8. The molecule has 6 nitrogen and oxygen atoms in total. The Kier molecular flexibility index (Phi) is 3.93. The van der Waals surface area contributed by atoms with Crippen LogP contribution in [-0.2, 0) is 15.0 Å². The lowest BCUT2D eigenvalue weighted by atomic mass is 9.51. The lowest BCUT2D eigenvalue weighted by molar-refractivity contribution is -0.132. The molecule has 1 aliphatic heterocycles. The summed E-state index contributed by atoms with van der Waals surface area (Å²) in [5, 5.41) is 2.29. The van der Waals surface area contributed by atoms with Gasteiger partial charge in [-0.25, -0.2) is 4.98 Å². The first-order chi connectivity index (χ1) is 11.6. The van der Waals surface area contributed by atoms with Crippen molar-refractivity contribution in [2.24, 2.45) is 0 Å². The van der Waals surface area contributed by atoms with Crippen molar-refractivity contribution in [1.82, 2.24) is 14.9 Å². The van der Waals surface area contributed by atoms with Gasteiger partial charge in [-0.3, -0.25) is 24.3 Å². The maximum absolute atomic E-state index is 13.2. The number of hydrogen-bond acceptors (Lipinski definition) is 4. The lowest BCUT2D eigenvalue weighted by Crippen LogP contribution is -2.54. The van der Waals surface area contributed by atoms with Crippen molar-refractivity contribution in [2.45, 2.75) is 37.3 Å². The van der Waals surface area contributed by atoms with Gasteiger partial charge in [0.25, 0.3) is 5.56 Å². The van der Waals surface area contributed by atoms with E-state index < -0.39 is 16.6 Å². The quantitative estimate of drug-likeness (QED) is 0.489. The van der Waals surface area contributed by atoms with Crippen LogP contribution in [0.4, 0.5) is 0 Å². The predicted molar refractivity (Wildman–Crippen MR) is 104 cm³/mol. The van der Waals surface area contributed by atoms with Gasteiger partial charge >= 0.3 is 0 Å². The summed E-state index contributed by atoms with van der Waals surface area (Å²) in [5.74, 6) is -0.301. The zero-order valence-corrected chi connectivity index (χ0v) is 15.3. The summed E-state index contributed by atoms with van der Waals surface area (Å²) in [6.07, 6.45) is 0.885. The Morgan fingerprint density at radius 2 is 1.76 bits per heavy atom. The highest BCUT2D eigenvalue weighted by molar-refractivity contribution is 6.52. The zero-order valence-electron chi connectivity index (χ0n) is 15.3. The third-order valence-electron chi connectivity index (χ3n) is 5.25. The highest BCUT2D eigenvalue weighted by atomic mass is 16.2. The van der Waals surface area contributed by atoms with E-state index in [0.717, 1.165) is 5.56 Å². The van der Waals surface area contributed by atoms with Crippen LogP contribution in [0, 0.1) is 13.8 Å². The van der Waals surface area contributed by atoms with Crippen molar-refractivity contribution in [3.05, 3.63) is 39.9 Å². The van der Waals surface area contributed by atoms with Gasteiger partial charge in [-0.15, -0.1) is 0 Å². The molecule has 0 radical (unpaired) electrons. The molecule has 1 N–H and O–H groups in total. The molecule has 0 spiro atoms. The zero-order chi connectivity index (χ0) is 18.6. The van der Waals surface area contributed by atoms with Crippen LogP contribution in [-0.4, -0.2) is 44.9 Å². The van der Waals surface area contributed by atoms with E-state index in [-0.39, 0.29) is 11.5 Å². The number of rotatable bonds is 1. The topological polar surface area (TPSA) is 81.1 Å². The summed E-state index contributed by atoms with van der Waals surface area (Å²) < 4.78 is 1.44. The first-order valence-corrected chi connectivity index (χ1v) is 8.43. The minimum absolute atomic E-state index is 0.254. The fourth-order valence-corrected chi connectivity index (χ4v) is 3.39. The first kappa shape index (κ1) is 17.5. The van der Waals surface area contributed by atoms with Crippen LogP contribution in [0.2, 0.25) is 5.21 Å². The van der Waals surface area contributed by atoms with Gasteiger partial charge in [0, 0.05) is 0 Å². The molecule has 1 fully saturated rings. The smallest absolute Gasteiger partial charge is 0.261 e. The number of amides is 2. The molecule has 0 bridgehead atoms. The van der Waals surface area contributed by atoms with E-state index in [0.29, 0.717) is 29.6 Å². The standard InChI is InChI=1S/C16H20B3N3O3/c1-8-3-4-11-10(7-8)12(23)22(9(2)20-11)16(19)6-5-15(17,18)13(24)21-14(16)25/h3-4,7H,5-6,17-19H2,1-2H3,(H,21,24,25). The second-order valence-corrected chi connectivity index (χ2v) is 7.76. The summed E-state index contributed by atoms with van der Waals surface area (Å²) >= 11 is 0. The first-order valence-electron chi connectivity index (χ1n) is 8.43. The molecule has 25 heavy (non-hydrogen) atoms. The number of carbonyl (C=O) groups excluding carboxylic acids is 2. The summed E-state index contributed by atoms with van der Waals surface area (Å²) in [6, 6.07) is 5.50. The molecule has 126 valence electrons. The molecule has 3 rings (SSSR count). The van der Waals surface area contributed by atoms with Gasteiger partial charge in [0.1, 0.15) is 29.4 Å². The van der Waals surface area contributed by atoms with Crippen molar-refractivity contribution < 1.29 is 9.59 Å². The number of benzene rings is 1. The van der Waals surface area contributed by atoms with Crippen LogP contribution >= 0.6 is 0 Å². The normalized spacial score (nSPS) is 23.3. The van der Waals surface area contributed by atoms with E-state index in [1.54, 1.807) is 36.5 Å². The molecule has 1 aromatic heterocycles. The van der Waals surface area contributed by atoms with Crippen molar-refractivity contribution in [1.29, 1.82) is 0 Å². The average molecular weight is 335 g/mol. The summed E-state index contributed by atoms with van der Waals surface area (Å²) in [6.45, 7) is 3.63. The third kappa shape index (κ3) is 2.71. The second-order valence-electron chi connectivity index (χ2n) is 7.76. The molecule has 1 aromatic carbocycles. The molecule has 2 aromatic rings. The minimum atomic E-state index is -1.16. The van der Waals surface area contributed by atoms with Crippen LogP contribution in [0.25, 0.3) is 10.9 Å². The van der Waals surface area contributed by atoms with Crippen molar-refractivity contribution in [3.8, 4) is 0 Å². The van der Waals surface area contributed by atoms with E-state index in [2.05, 4.69) is 10.3 Å². The number of carbonyl (C=O) groups is 2. The Bertz CT molecular complexity index is 970. The third-order valence-corrected chi connectivity index (χ3v) is 5.25. The molecule has 2 heterocycles.